The van der Waals surface area contributed by atoms with Crippen molar-refractivity contribution in [1.29, 1.82) is 0 Å². The molecule has 0 saturated carbocycles. The van der Waals surface area contributed by atoms with Gasteiger partial charge in [-0.05, 0) is 54.8 Å². The molecule has 2 aromatic rings. The fourth-order valence-corrected chi connectivity index (χ4v) is 4.69. The molecule has 0 aromatic heterocycles. The van der Waals surface area contributed by atoms with Crippen LogP contribution in [0.3, 0.4) is 0 Å². The molecular formula is C19H22Cl2N2O5S2. The van der Waals surface area contributed by atoms with Crippen molar-refractivity contribution in [2.45, 2.75) is 23.8 Å². The Labute approximate surface area is 186 Å². The van der Waals surface area contributed by atoms with Gasteiger partial charge in [-0.25, -0.2) is 16.8 Å². The van der Waals surface area contributed by atoms with Crippen molar-refractivity contribution in [3.05, 3.63) is 64.1 Å². The number of hydrogen-bond acceptors (Lipinski definition) is 5. The van der Waals surface area contributed by atoms with E-state index in [1.165, 1.54) is 24.3 Å². The first-order valence-corrected chi connectivity index (χ1v) is 13.2. The predicted octanol–water partition coefficient (Wildman–Crippen LogP) is 2.43. The van der Waals surface area contributed by atoms with E-state index >= 15 is 0 Å². The minimum absolute atomic E-state index is 0.0785. The summed E-state index contributed by atoms with van der Waals surface area (Å²) in [6.07, 6.45) is 1.33. The Kier molecular flexibility index (Phi) is 8.69. The third-order valence-corrected chi connectivity index (χ3v) is 7.11. The highest BCUT2D eigenvalue weighted by molar-refractivity contribution is 7.90. The van der Waals surface area contributed by atoms with E-state index in [-0.39, 0.29) is 23.6 Å². The summed E-state index contributed by atoms with van der Waals surface area (Å²) in [6.45, 7) is 0.249. The molecule has 0 aliphatic rings. The third-order valence-electron chi connectivity index (χ3n) is 4.14. The van der Waals surface area contributed by atoms with Gasteiger partial charge in [0.1, 0.15) is 15.9 Å². The van der Waals surface area contributed by atoms with Gasteiger partial charge in [0.15, 0.2) is 0 Å². The van der Waals surface area contributed by atoms with E-state index in [2.05, 4.69) is 10.0 Å². The Bertz CT molecular complexity index is 1070. The third kappa shape index (κ3) is 8.23. The SMILES string of the molecule is CS(=O)(=O)CC[C@@H](NS(=O)(=O)c1ccc(Cl)cc1)C(=O)NCCc1ccc(Cl)cc1. The lowest BCUT2D eigenvalue weighted by Gasteiger charge is -2.18. The van der Waals surface area contributed by atoms with Crippen LogP contribution in [0, 0.1) is 0 Å². The van der Waals surface area contributed by atoms with Crippen LogP contribution in [-0.4, -0.2) is 47.3 Å². The van der Waals surface area contributed by atoms with E-state index in [4.69, 9.17) is 23.2 Å². The molecule has 1 atom stereocenters. The molecule has 2 aromatic carbocycles. The Morgan fingerprint density at radius 1 is 0.933 bits per heavy atom. The number of halogens is 2. The lowest BCUT2D eigenvalue weighted by atomic mass is 10.1. The lowest BCUT2D eigenvalue weighted by Crippen LogP contribution is -2.47. The number of hydrogen-bond donors (Lipinski definition) is 2. The van der Waals surface area contributed by atoms with Gasteiger partial charge in [0.2, 0.25) is 15.9 Å². The molecule has 30 heavy (non-hydrogen) atoms. The summed E-state index contributed by atoms with van der Waals surface area (Å²) in [6, 6.07) is 11.3. The van der Waals surface area contributed by atoms with E-state index in [0.29, 0.717) is 16.5 Å². The fourth-order valence-electron chi connectivity index (χ4n) is 2.55. The molecule has 7 nitrogen and oxygen atoms in total. The van der Waals surface area contributed by atoms with Gasteiger partial charge in [0.05, 0.1) is 10.6 Å². The highest BCUT2D eigenvalue weighted by atomic mass is 35.5. The van der Waals surface area contributed by atoms with Crippen LogP contribution in [0.5, 0.6) is 0 Å². The number of benzene rings is 2. The maximum atomic E-state index is 12.6. The zero-order valence-electron chi connectivity index (χ0n) is 16.1. The summed E-state index contributed by atoms with van der Waals surface area (Å²) < 4.78 is 50.6. The minimum Gasteiger partial charge on any atom is -0.354 e. The van der Waals surface area contributed by atoms with E-state index in [9.17, 15) is 21.6 Å². The first-order chi connectivity index (χ1) is 14.0. The zero-order chi connectivity index (χ0) is 22.4. The smallest absolute Gasteiger partial charge is 0.241 e. The van der Waals surface area contributed by atoms with Gasteiger partial charge < -0.3 is 5.32 Å². The van der Waals surface area contributed by atoms with Crippen molar-refractivity contribution < 1.29 is 21.6 Å². The average molecular weight is 493 g/mol. The highest BCUT2D eigenvalue weighted by Gasteiger charge is 2.26. The molecule has 1 amide bonds. The van der Waals surface area contributed by atoms with Crippen LogP contribution >= 0.6 is 23.2 Å². The van der Waals surface area contributed by atoms with Crippen LogP contribution in [-0.2, 0) is 31.1 Å². The van der Waals surface area contributed by atoms with E-state index in [1.54, 1.807) is 12.1 Å². The Balaban J connectivity index is 2.07. The number of rotatable bonds is 10. The largest absolute Gasteiger partial charge is 0.354 e. The van der Waals surface area contributed by atoms with E-state index < -0.39 is 31.8 Å². The maximum absolute atomic E-state index is 12.6. The summed E-state index contributed by atoms with van der Waals surface area (Å²) in [5, 5.41) is 3.61. The Hall–Kier alpha value is -1.65. The molecule has 0 fully saturated rings. The molecule has 0 saturated heterocycles. The number of sulfonamides is 1. The first-order valence-electron chi connectivity index (χ1n) is 8.94. The maximum Gasteiger partial charge on any atom is 0.241 e. The summed E-state index contributed by atoms with van der Waals surface area (Å²) in [7, 11) is -7.44. The van der Waals surface area contributed by atoms with Crippen LogP contribution in [0.4, 0.5) is 0 Å². The molecule has 0 aliphatic heterocycles. The second-order valence-electron chi connectivity index (χ2n) is 6.71. The second-order valence-corrected chi connectivity index (χ2v) is 11.6. The van der Waals surface area contributed by atoms with Crippen molar-refractivity contribution >= 4 is 49.0 Å². The summed E-state index contributed by atoms with van der Waals surface area (Å²) in [5.74, 6) is -0.948. The molecule has 2 rings (SSSR count). The molecule has 2 N–H and O–H groups in total. The van der Waals surface area contributed by atoms with Crippen LogP contribution < -0.4 is 10.0 Å². The molecule has 0 spiro atoms. The van der Waals surface area contributed by atoms with Gasteiger partial charge in [-0.1, -0.05) is 35.3 Å². The Morgan fingerprint density at radius 2 is 1.47 bits per heavy atom. The normalized spacial score (nSPS) is 13.0. The molecule has 0 heterocycles. The van der Waals surface area contributed by atoms with Crippen molar-refractivity contribution in [3.63, 3.8) is 0 Å². The molecule has 11 heteroatoms. The quantitative estimate of drug-likeness (QED) is 0.529. The molecule has 164 valence electrons. The zero-order valence-corrected chi connectivity index (χ0v) is 19.3. The van der Waals surface area contributed by atoms with Gasteiger partial charge in [0.25, 0.3) is 0 Å². The fraction of sp³-hybridized carbons (Fsp3) is 0.316. The average Bonchev–Trinajstić information content (AvgIpc) is 2.66. The summed E-state index contributed by atoms with van der Waals surface area (Å²) in [4.78, 5) is 12.5. The van der Waals surface area contributed by atoms with Gasteiger partial charge in [0, 0.05) is 22.8 Å². The van der Waals surface area contributed by atoms with E-state index in [0.717, 1.165) is 11.8 Å². The molecule has 0 bridgehead atoms. The Morgan fingerprint density at radius 3 is 2.00 bits per heavy atom. The van der Waals surface area contributed by atoms with Gasteiger partial charge in [-0.3, -0.25) is 4.79 Å². The number of nitrogens with one attached hydrogen (secondary N) is 2. The van der Waals surface area contributed by atoms with Crippen molar-refractivity contribution in [1.82, 2.24) is 10.0 Å². The highest BCUT2D eigenvalue weighted by Crippen LogP contribution is 2.15. The molecule has 0 aliphatic carbocycles. The number of sulfone groups is 1. The van der Waals surface area contributed by atoms with Gasteiger partial charge in [-0.15, -0.1) is 0 Å². The number of carbonyl (C=O) groups excluding carboxylic acids is 1. The predicted molar refractivity (Wildman–Crippen MR) is 118 cm³/mol. The first kappa shape index (κ1) is 24.6. The van der Waals surface area contributed by atoms with Crippen molar-refractivity contribution in [3.8, 4) is 0 Å². The minimum atomic E-state index is -4.05. The van der Waals surface area contributed by atoms with Gasteiger partial charge >= 0.3 is 0 Å². The molecule has 0 radical (unpaired) electrons. The van der Waals surface area contributed by atoms with Gasteiger partial charge in [-0.2, -0.15) is 4.72 Å². The lowest BCUT2D eigenvalue weighted by molar-refractivity contribution is -0.122. The second kappa shape index (κ2) is 10.6. The topological polar surface area (TPSA) is 109 Å². The van der Waals surface area contributed by atoms with Crippen LogP contribution in [0.2, 0.25) is 10.0 Å². The van der Waals surface area contributed by atoms with Crippen LogP contribution in [0.15, 0.2) is 53.4 Å². The standard InChI is InChI=1S/C19H22Cl2N2O5S2/c1-29(25,26)13-11-18(23-30(27,28)17-8-6-16(21)7-9-17)19(24)22-12-10-14-2-4-15(20)5-3-14/h2-9,18,23H,10-13H2,1H3,(H,22,24)/t18-/m1/s1. The van der Waals surface area contributed by atoms with Crippen molar-refractivity contribution in [2.75, 3.05) is 18.6 Å². The molecule has 0 unspecified atom stereocenters. The summed E-state index contributed by atoms with van der Waals surface area (Å²) in [5.41, 5.74) is 0.939. The van der Waals surface area contributed by atoms with Crippen LogP contribution in [0.25, 0.3) is 0 Å². The summed E-state index contributed by atoms with van der Waals surface area (Å²) >= 11 is 11.6. The number of amides is 1. The molecular weight excluding hydrogens is 471 g/mol. The van der Waals surface area contributed by atoms with Crippen LogP contribution in [0.1, 0.15) is 12.0 Å². The number of carbonyl (C=O) groups is 1. The monoisotopic (exact) mass is 492 g/mol. The van der Waals surface area contributed by atoms with Crippen molar-refractivity contribution in [2.24, 2.45) is 0 Å². The van der Waals surface area contributed by atoms with E-state index in [1.807, 2.05) is 12.1 Å².